The lowest BCUT2D eigenvalue weighted by Gasteiger charge is -2.23. The highest BCUT2D eigenvalue weighted by molar-refractivity contribution is 6.04. The zero-order valence-electron chi connectivity index (χ0n) is 18.1. The first-order chi connectivity index (χ1) is 16.5. The molecule has 1 aliphatic rings. The number of hydrogen-bond acceptors (Lipinski definition) is 6. The van der Waals surface area contributed by atoms with Gasteiger partial charge in [-0.1, -0.05) is 6.07 Å². The molecule has 2 heterocycles. The van der Waals surface area contributed by atoms with Crippen LogP contribution >= 0.6 is 0 Å². The Hall–Kier alpha value is -4.48. The summed E-state index contributed by atoms with van der Waals surface area (Å²) >= 11 is 0. The number of rotatable bonds is 5. The number of nitrogens with one attached hydrogen (secondary N) is 4. The Morgan fingerprint density at radius 2 is 1.77 bits per heavy atom. The second kappa shape index (κ2) is 9.05. The Labute approximate surface area is 195 Å². The molecule has 1 aliphatic heterocycles. The molecule has 0 spiro atoms. The van der Waals surface area contributed by atoms with Gasteiger partial charge in [0.2, 0.25) is 17.8 Å². The third-order valence-electron chi connectivity index (χ3n) is 5.28. The van der Waals surface area contributed by atoms with E-state index in [1.165, 1.54) is 43.3 Å². The Morgan fingerprint density at radius 3 is 2.43 bits per heavy atom. The van der Waals surface area contributed by atoms with Crippen molar-refractivity contribution in [3.05, 3.63) is 75.6 Å². The van der Waals surface area contributed by atoms with Crippen LogP contribution in [0.5, 0.6) is 0 Å². The van der Waals surface area contributed by atoms with Gasteiger partial charge in [-0.2, -0.15) is 18.2 Å². The van der Waals surface area contributed by atoms with Gasteiger partial charge in [0.05, 0.1) is 17.0 Å². The van der Waals surface area contributed by atoms with Crippen molar-refractivity contribution in [2.75, 3.05) is 16.0 Å². The number of carbonyl (C=O) groups excluding carboxylic acids is 3. The molecule has 2 aromatic carbocycles. The number of fused-ring (bicyclic) bond motifs is 1. The van der Waals surface area contributed by atoms with Crippen molar-refractivity contribution >= 4 is 40.7 Å². The number of carbonyl (C=O) groups is 3. The predicted molar refractivity (Wildman–Crippen MR) is 121 cm³/mol. The molecule has 9 nitrogen and oxygen atoms in total. The third kappa shape index (κ3) is 5.21. The number of benzene rings is 2. The zero-order valence-corrected chi connectivity index (χ0v) is 18.1. The molecule has 12 heteroatoms. The molecule has 3 aromatic rings. The lowest BCUT2D eigenvalue weighted by Crippen LogP contribution is -2.36. The lowest BCUT2D eigenvalue weighted by atomic mass is 9.92. The molecule has 1 atom stereocenters. The minimum absolute atomic E-state index is 0.00774. The molecule has 35 heavy (non-hydrogen) atoms. The summed E-state index contributed by atoms with van der Waals surface area (Å²) in [5, 5.41) is 7.61. The second-order valence-corrected chi connectivity index (χ2v) is 7.81. The normalized spacial score (nSPS) is 15.1. The summed E-state index contributed by atoms with van der Waals surface area (Å²) in [6.07, 6.45) is -4.87. The summed E-state index contributed by atoms with van der Waals surface area (Å²) in [5.74, 6) is -2.89. The van der Waals surface area contributed by atoms with E-state index in [9.17, 15) is 32.3 Å². The van der Waals surface area contributed by atoms with E-state index in [-0.39, 0.29) is 35.2 Å². The van der Waals surface area contributed by atoms with E-state index in [4.69, 9.17) is 0 Å². The van der Waals surface area contributed by atoms with Crippen molar-refractivity contribution in [3.63, 3.8) is 0 Å². The molecule has 0 bridgehead atoms. The van der Waals surface area contributed by atoms with Crippen LogP contribution in [0.1, 0.15) is 40.7 Å². The highest BCUT2D eigenvalue weighted by atomic mass is 19.4. The van der Waals surface area contributed by atoms with Crippen LogP contribution in [0.15, 0.2) is 53.3 Å². The van der Waals surface area contributed by atoms with Gasteiger partial charge in [0.1, 0.15) is 5.82 Å². The quantitative estimate of drug-likeness (QED) is 0.407. The summed E-state index contributed by atoms with van der Waals surface area (Å²) in [6, 6.07) is 10.4. The molecule has 1 aromatic heterocycles. The summed E-state index contributed by atoms with van der Waals surface area (Å²) in [4.78, 5) is 55.8. The van der Waals surface area contributed by atoms with E-state index in [0.29, 0.717) is 11.3 Å². The standard InChI is InChI=1S/C23H18F3N5O4/c1-11(32)12-5-7-14(8-6-12)27-20(34)16-10-17(33)29-19-18(16)21(35)31-22(30-19)28-15-4-2-3-13(9-15)23(24,25)26/h2-9,16H,10H2,1H3,(H,27,34)(H3,28,29,30,31,33,35)/t16-/m1/s1. The van der Waals surface area contributed by atoms with E-state index in [1.807, 2.05) is 0 Å². The first kappa shape index (κ1) is 23.7. The highest BCUT2D eigenvalue weighted by Gasteiger charge is 2.35. The van der Waals surface area contributed by atoms with E-state index < -0.39 is 35.0 Å². The zero-order chi connectivity index (χ0) is 25.3. The number of nitrogens with zero attached hydrogens (tertiary/aromatic N) is 1. The average molecular weight is 485 g/mol. The second-order valence-electron chi connectivity index (χ2n) is 7.81. The van der Waals surface area contributed by atoms with Gasteiger partial charge < -0.3 is 16.0 Å². The summed E-state index contributed by atoms with van der Waals surface area (Å²) < 4.78 is 38.9. The summed E-state index contributed by atoms with van der Waals surface area (Å²) in [7, 11) is 0. The number of alkyl halides is 3. The number of anilines is 4. The lowest BCUT2D eigenvalue weighted by molar-refractivity contribution is -0.137. The smallest absolute Gasteiger partial charge is 0.326 e. The number of halogens is 3. The van der Waals surface area contributed by atoms with E-state index >= 15 is 0 Å². The number of hydrogen-bond donors (Lipinski definition) is 4. The Kier molecular flexibility index (Phi) is 6.12. The predicted octanol–water partition coefficient (Wildman–Crippen LogP) is 3.80. The van der Waals surface area contributed by atoms with Crippen LogP contribution in [0.2, 0.25) is 0 Å². The van der Waals surface area contributed by atoms with Gasteiger partial charge in [0, 0.05) is 23.4 Å². The molecule has 0 unspecified atom stereocenters. The Morgan fingerprint density at radius 1 is 1.06 bits per heavy atom. The van der Waals surface area contributed by atoms with Crippen molar-refractivity contribution in [2.24, 2.45) is 0 Å². The fourth-order valence-electron chi connectivity index (χ4n) is 3.58. The maximum Gasteiger partial charge on any atom is 0.416 e. The largest absolute Gasteiger partial charge is 0.416 e. The summed E-state index contributed by atoms with van der Waals surface area (Å²) in [6.45, 7) is 1.40. The first-order valence-corrected chi connectivity index (χ1v) is 10.3. The van der Waals surface area contributed by atoms with Crippen LogP contribution in [-0.4, -0.2) is 27.6 Å². The minimum atomic E-state index is -4.56. The monoisotopic (exact) mass is 485 g/mol. The number of Topliss-reactive ketones (excluding diaryl/α,β-unsaturated/α-hetero) is 1. The highest BCUT2D eigenvalue weighted by Crippen LogP contribution is 2.32. The van der Waals surface area contributed by atoms with Crippen molar-refractivity contribution < 1.29 is 27.6 Å². The average Bonchev–Trinajstić information content (AvgIpc) is 2.78. The van der Waals surface area contributed by atoms with E-state index in [0.717, 1.165) is 12.1 Å². The van der Waals surface area contributed by atoms with Gasteiger partial charge in [-0.25, -0.2) is 0 Å². The summed E-state index contributed by atoms with van der Waals surface area (Å²) in [5.41, 5.74) is -0.905. The van der Waals surface area contributed by atoms with Crippen LogP contribution < -0.4 is 21.5 Å². The van der Waals surface area contributed by atoms with Crippen LogP contribution in [0, 0.1) is 0 Å². The van der Waals surface area contributed by atoms with Crippen molar-refractivity contribution in [2.45, 2.75) is 25.4 Å². The molecular formula is C23H18F3N5O4. The van der Waals surface area contributed by atoms with Gasteiger partial charge in [0.15, 0.2) is 5.78 Å². The molecule has 4 rings (SSSR count). The minimum Gasteiger partial charge on any atom is -0.326 e. The van der Waals surface area contributed by atoms with Gasteiger partial charge in [-0.05, 0) is 49.4 Å². The number of aromatic amines is 1. The third-order valence-corrected chi connectivity index (χ3v) is 5.28. The fraction of sp³-hybridized carbons (Fsp3) is 0.174. The Bertz CT molecular complexity index is 1380. The maximum atomic E-state index is 13.0. The van der Waals surface area contributed by atoms with Crippen molar-refractivity contribution in [1.29, 1.82) is 0 Å². The number of ketones is 1. The van der Waals surface area contributed by atoms with Crippen molar-refractivity contribution in [1.82, 2.24) is 9.97 Å². The topological polar surface area (TPSA) is 133 Å². The van der Waals surface area contributed by atoms with E-state index in [1.54, 1.807) is 0 Å². The van der Waals surface area contributed by atoms with E-state index in [2.05, 4.69) is 25.9 Å². The van der Waals surface area contributed by atoms with Crippen molar-refractivity contribution in [3.8, 4) is 0 Å². The SMILES string of the molecule is CC(=O)c1ccc(NC(=O)[C@@H]2CC(=O)Nc3nc(Nc4cccc(C(F)(F)F)c4)[nH]c(=O)c32)cc1. The van der Waals surface area contributed by atoms with Gasteiger partial charge >= 0.3 is 6.18 Å². The number of amides is 2. The Balaban J connectivity index is 1.60. The molecule has 0 aliphatic carbocycles. The number of H-pyrrole nitrogens is 1. The molecule has 0 saturated carbocycles. The number of aromatic nitrogens is 2. The van der Waals surface area contributed by atoms with Gasteiger partial charge in [-0.15, -0.1) is 0 Å². The van der Waals surface area contributed by atoms with Gasteiger partial charge in [-0.3, -0.25) is 24.2 Å². The molecule has 0 saturated heterocycles. The molecule has 180 valence electrons. The molecule has 0 fully saturated rings. The first-order valence-electron chi connectivity index (χ1n) is 10.3. The van der Waals surface area contributed by atoms with Gasteiger partial charge in [0.25, 0.3) is 5.56 Å². The van der Waals surface area contributed by atoms with Crippen LogP contribution in [0.4, 0.5) is 36.3 Å². The van der Waals surface area contributed by atoms with Crippen LogP contribution in [0.25, 0.3) is 0 Å². The molecule has 4 N–H and O–H groups in total. The van der Waals surface area contributed by atoms with Crippen LogP contribution in [-0.2, 0) is 15.8 Å². The molecule has 0 radical (unpaired) electrons. The maximum absolute atomic E-state index is 13.0. The fourth-order valence-corrected chi connectivity index (χ4v) is 3.58. The molecule has 2 amide bonds. The molecular weight excluding hydrogens is 467 g/mol. The van der Waals surface area contributed by atoms with Crippen LogP contribution in [0.3, 0.4) is 0 Å².